The molecule has 3 atom stereocenters. The maximum atomic E-state index is 12.8. The number of phosphoric ester groups is 1. The van der Waals surface area contributed by atoms with E-state index in [0.29, 0.717) is 6.42 Å². The van der Waals surface area contributed by atoms with Gasteiger partial charge in [-0.25, -0.2) is 4.57 Å². The number of rotatable bonds is 45. The first kappa shape index (κ1) is 54.2. The van der Waals surface area contributed by atoms with E-state index in [1.807, 2.05) is 6.08 Å². The molecule has 0 aromatic rings. The molecule has 3 unspecified atom stereocenters. The Balaban J connectivity index is 4.12. The topological polar surface area (TPSA) is 131 Å². The number of aliphatic hydroxyl groups is 1. The van der Waals surface area contributed by atoms with E-state index in [1.165, 1.54) is 186 Å². The van der Waals surface area contributed by atoms with Crippen LogP contribution in [-0.4, -0.2) is 47.8 Å². The van der Waals surface area contributed by atoms with Crippen LogP contribution in [0, 0.1) is 0 Å². The normalized spacial score (nSPS) is 14.1. The second-order valence-corrected chi connectivity index (χ2v) is 17.8. The van der Waals surface area contributed by atoms with Crippen LogP contribution in [0.5, 0.6) is 0 Å². The predicted molar refractivity (Wildman–Crippen MR) is 235 cm³/mol. The van der Waals surface area contributed by atoms with Crippen molar-refractivity contribution in [3.05, 3.63) is 12.2 Å². The van der Waals surface area contributed by atoms with Gasteiger partial charge in [-0.05, 0) is 19.3 Å². The van der Waals surface area contributed by atoms with Crippen molar-refractivity contribution in [1.82, 2.24) is 5.32 Å². The summed E-state index contributed by atoms with van der Waals surface area (Å²) in [5, 5.41) is 13.7. The second-order valence-electron chi connectivity index (χ2n) is 16.3. The Bertz CT molecular complexity index is 875. The number of nitrogens with one attached hydrogen (secondary N) is 1. The zero-order valence-electron chi connectivity index (χ0n) is 36.4. The lowest BCUT2D eigenvalue weighted by Crippen LogP contribution is -2.45. The Morgan fingerprint density at radius 1 is 0.582 bits per heavy atom. The number of hydrogen-bond donors (Lipinski definition) is 4. The lowest BCUT2D eigenvalue weighted by atomic mass is 10.0. The van der Waals surface area contributed by atoms with Crippen LogP contribution in [0.1, 0.15) is 245 Å². The summed E-state index contributed by atoms with van der Waals surface area (Å²) in [4.78, 5) is 22.8. The molecule has 5 N–H and O–H groups in total. The average Bonchev–Trinajstić information content (AvgIpc) is 3.17. The van der Waals surface area contributed by atoms with Crippen molar-refractivity contribution < 1.29 is 28.4 Å². The fourth-order valence-corrected chi connectivity index (χ4v) is 8.01. The molecule has 0 aromatic carbocycles. The third-order valence-corrected chi connectivity index (χ3v) is 11.8. The first-order valence-corrected chi connectivity index (χ1v) is 25.3. The average molecular weight is 801 g/mol. The number of nitrogens with two attached hydrogens (primary N) is 1. The quantitative estimate of drug-likeness (QED) is 0.0274. The van der Waals surface area contributed by atoms with E-state index in [4.69, 9.17) is 14.8 Å². The summed E-state index contributed by atoms with van der Waals surface area (Å²) in [6.45, 7) is 4.17. The van der Waals surface area contributed by atoms with Crippen LogP contribution >= 0.6 is 7.82 Å². The zero-order valence-corrected chi connectivity index (χ0v) is 37.3. The second kappa shape index (κ2) is 42.8. The van der Waals surface area contributed by atoms with E-state index in [-0.39, 0.29) is 25.7 Å². The molecule has 8 nitrogen and oxygen atoms in total. The van der Waals surface area contributed by atoms with Crippen LogP contribution in [0.25, 0.3) is 0 Å². The first-order valence-electron chi connectivity index (χ1n) is 23.8. The van der Waals surface area contributed by atoms with Gasteiger partial charge >= 0.3 is 7.82 Å². The first-order chi connectivity index (χ1) is 26.9. The standard InChI is InChI=1S/C46H93N2O6P/c1-3-5-7-9-11-13-15-17-19-21-22-24-26-28-30-32-34-36-38-40-46(50)48-44(43-54-55(51,52)53-42-41-47)45(49)39-37-35-33-31-29-27-25-23-20-18-16-14-12-10-8-6-4-2/h37,39,44-45,49H,3-36,38,40-43,47H2,1-2H3,(H,48,50)(H,51,52)/b39-37+. The van der Waals surface area contributed by atoms with Crippen LogP contribution in [0.4, 0.5) is 0 Å². The molecule has 0 aliphatic rings. The van der Waals surface area contributed by atoms with E-state index >= 15 is 0 Å². The van der Waals surface area contributed by atoms with Gasteiger partial charge in [0.05, 0.1) is 25.4 Å². The highest BCUT2D eigenvalue weighted by molar-refractivity contribution is 7.47. The number of unbranched alkanes of at least 4 members (excludes halogenated alkanes) is 33. The number of amides is 1. The summed E-state index contributed by atoms with van der Waals surface area (Å²) >= 11 is 0. The molecule has 55 heavy (non-hydrogen) atoms. The molecule has 0 spiro atoms. The van der Waals surface area contributed by atoms with Gasteiger partial charge in [-0.1, -0.05) is 231 Å². The van der Waals surface area contributed by atoms with Crippen molar-refractivity contribution >= 4 is 13.7 Å². The van der Waals surface area contributed by atoms with Crippen molar-refractivity contribution in [1.29, 1.82) is 0 Å². The summed E-state index contributed by atoms with van der Waals surface area (Å²) in [7, 11) is -4.34. The van der Waals surface area contributed by atoms with E-state index in [9.17, 15) is 19.4 Å². The van der Waals surface area contributed by atoms with E-state index in [1.54, 1.807) is 6.08 Å². The number of hydrogen-bond acceptors (Lipinski definition) is 6. The monoisotopic (exact) mass is 801 g/mol. The summed E-state index contributed by atoms with van der Waals surface area (Å²) < 4.78 is 22.2. The van der Waals surface area contributed by atoms with Crippen LogP contribution < -0.4 is 11.1 Å². The van der Waals surface area contributed by atoms with Crippen LogP contribution in [-0.2, 0) is 18.4 Å². The molecule has 9 heteroatoms. The molecule has 0 aliphatic heterocycles. The maximum Gasteiger partial charge on any atom is 0.472 e. The van der Waals surface area contributed by atoms with E-state index < -0.39 is 20.0 Å². The highest BCUT2D eigenvalue weighted by Gasteiger charge is 2.26. The third kappa shape index (κ3) is 41.2. The molecule has 0 bridgehead atoms. The molecule has 0 heterocycles. The number of aliphatic hydroxyl groups excluding tert-OH is 1. The molecule has 1 amide bonds. The molecule has 0 saturated carbocycles. The van der Waals surface area contributed by atoms with E-state index in [2.05, 4.69) is 19.2 Å². The molecule has 0 saturated heterocycles. The Labute approximate surface area is 341 Å². The van der Waals surface area contributed by atoms with Crippen LogP contribution in [0.3, 0.4) is 0 Å². The lowest BCUT2D eigenvalue weighted by Gasteiger charge is -2.23. The summed E-state index contributed by atoms with van der Waals surface area (Å²) in [5.74, 6) is -0.189. The highest BCUT2D eigenvalue weighted by atomic mass is 31.2. The van der Waals surface area contributed by atoms with Crippen LogP contribution in [0.2, 0.25) is 0 Å². The Morgan fingerprint density at radius 3 is 1.29 bits per heavy atom. The van der Waals surface area contributed by atoms with Gasteiger partial charge in [0.25, 0.3) is 0 Å². The Kier molecular flexibility index (Phi) is 42.2. The summed E-state index contributed by atoms with van der Waals surface area (Å²) in [5.41, 5.74) is 5.38. The number of phosphoric acid groups is 1. The van der Waals surface area contributed by atoms with Crippen molar-refractivity contribution in [2.24, 2.45) is 5.73 Å². The van der Waals surface area contributed by atoms with Crippen molar-refractivity contribution in [2.45, 2.75) is 257 Å². The Hall–Kier alpha value is -0.760. The van der Waals surface area contributed by atoms with Gasteiger partial charge in [0.2, 0.25) is 5.91 Å². The van der Waals surface area contributed by atoms with Gasteiger partial charge in [0.15, 0.2) is 0 Å². The van der Waals surface area contributed by atoms with Crippen molar-refractivity contribution in [3.8, 4) is 0 Å². The number of allylic oxidation sites excluding steroid dienone is 1. The van der Waals surface area contributed by atoms with Gasteiger partial charge < -0.3 is 21.1 Å². The molecule has 0 aliphatic carbocycles. The van der Waals surface area contributed by atoms with Crippen molar-refractivity contribution in [3.63, 3.8) is 0 Å². The van der Waals surface area contributed by atoms with Gasteiger partial charge in [-0.15, -0.1) is 0 Å². The minimum Gasteiger partial charge on any atom is -0.387 e. The maximum absolute atomic E-state index is 12.8. The van der Waals surface area contributed by atoms with Gasteiger partial charge in [-0.2, -0.15) is 0 Å². The zero-order chi connectivity index (χ0) is 40.3. The Morgan fingerprint density at radius 2 is 0.927 bits per heavy atom. The lowest BCUT2D eigenvalue weighted by molar-refractivity contribution is -0.123. The largest absolute Gasteiger partial charge is 0.472 e. The minimum absolute atomic E-state index is 0.0815. The van der Waals surface area contributed by atoms with Gasteiger partial charge in [-0.3, -0.25) is 13.8 Å². The molecular weight excluding hydrogens is 707 g/mol. The fourth-order valence-electron chi connectivity index (χ4n) is 7.25. The molecule has 0 aromatic heterocycles. The van der Waals surface area contributed by atoms with E-state index in [0.717, 1.165) is 38.5 Å². The molecule has 328 valence electrons. The molecular formula is C46H93N2O6P. The van der Waals surface area contributed by atoms with Gasteiger partial charge in [0.1, 0.15) is 0 Å². The predicted octanol–water partition coefficient (Wildman–Crippen LogP) is 13.6. The van der Waals surface area contributed by atoms with Crippen molar-refractivity contribution in [2.75, 3.05) is 19.8 Å². The third-order valence-electron chi connectivity index (χ3n) is 10.9. The summed E-state index contributed by atoms with van der Waals surface area (Å²) in [6.07, 6.45) is 48.3. The number of carbonyl (C=O) groups excluding carboxylic acids is 1. The molecule has 0 radical (unpaired) electrons. The smallest absolute Gasteiger partial charge is 0.387 e. The SMILES string of the molecule is CCCCCCCCCCCCCCCCC/C=C/C(O)C(COP(=O)(O)OCCN)NC(=O)CCCCCCCCCCCCCCCCCCCCC. The van der Waals surface area contributed by atoms with Crippen LogP contribution in [0.15, 0.2) is 12.2 Å². The summed E-state index contributed by atoms with van der Waals surface area (Å²) in [6, 6.07) is -0.855. The minimum atomic E-state index is -4.34. The molecule has 0 rings (SSSR count). The highest BCUT2D eigenvalue weighted by Crippen LogP contribution is 2.43. The van der Waals surface area contributed by atoms with Gasteiger partial charge in [0, 0.05) is 13.0 Å². The number of carbonyl (C=O) groups is 1. The molecule has 0 fully saturated rings. The fraction of sp³-hybridized carbons (Fsp3) is 0.935.